The molecule has 0 spiro atoms. The summed E-state index contributed by atoms with van der Waals surface area (Å²) in [6.45, 7) is 2.09. The summed E-state index contributed by atoms with van der Waals surface area (Å²) in [7, 11) is -0.866. The average molecular weight is 414 g/mol. The van der Waals surface area contributed by atoms with Crippen molar-refractivity contribution in [3.05, 3.63) is 66.5 Å². The molecule has 0 radical (unpaired) electrons. The van der Waals surface area contributed by atoms with E-state index in [2.05, 4.69) is 10.4 Å². The fraction of sp³-hybridized carbons (Fsp3) is 0.200. The monoisotopic (exact) mass is 414 g/mol. The SMILES string of the molecule is CCOc1ccc(NC(=O)c2cnn(-c3ccccc3)c2)cc1S(=O)(=O)N(C)C. The van der Waals surface area contributed by atoms with E-state index in [0.29, 0.717) is 17.9 Å². The van der Waals surface area contributed by atoms with Gasteiger partial charge in [0, 0.05) is 26.0 Å². The first-order chi connectivity index (χ1) is 13.8. The molecular weight excluding hydrogens is 392 g/mol. The zero-order valence-corrected chi connectivity index (χ0v) is 17.2. The molecule has 0 saturated carbocycles. The lowest BCUT2D eigenvalue weighted by molar-refractivity contribution is 0.102. The highest BCUT2D eigenvalue weighted by Gasteiger charge is 2.23. The molecule has 0 atom stereocenters. The Bertz CT molecular complexity index is 1110. The van der Waals surface area contributed by atoms with Crippen molar-refractivity contribution in [1.82, 2.24) is 14.1 Å². The lowest BCUT2D eigenvalue weighted by Crippen LogP contribution is -2.23. The molecule has 8 nitrogen and oxygen atoms in total. The molecule has 3 aromatic rings. The standard InChI is InChI=1S/C20H22N4O4S/c1-4-28-18-11-10-16(12-19(18)29(26,27)23(2)3)22-20(25)15-13-21-24(14-15)17-8-6-5-7-9-17/h5-14H,4H2,1-3H3,(H,22,25). The molecule has 1 N–H and O–H groups in total. The van der Waals surface area contributed by atoms with Crippen molar-refractivity contribution in [2.24, 2.45) is 0 Å². The second kappa shape index (κ2) is 8.46. The third-order valence-corrected chi connectivity index (χ3v) is 5.96. The first kappa shape index (κ1) is 20.6. The van der Waals surface area contributed by atoms with E-state index in [1.807, 2.05) is 30.3 Å². The normalized spacial score (nSPS) is 11.4. The van der Waals surface area contributed by atoms with Crippen molar-refractivity contribution < 1.29 is 17.9 Å². The van der Waals surface area contributed by atoms with Crippen LogP contribution in [0, 0.1) is 0 Å². The predicted molar refractivity (Wildman–Crippen MR) is 110 cm³/mol. The highest BCUT2D eigenvalue weighted by atomic mass is 32.2. The van der Waals surface area contributed by atoms with Crippen LogP contribution in [0.2, 0.25) is 0 Å². The topological polar surface area (TPSA) is 93.5 Å². The van der Waals surface area contributed by atoms with Crippen LogP contribution in [0.25, 0.3) is 5.69 Å². The van der Waals surface area contributed by atoms with Crippen LogP contribution in [0.3, 0.4) is 0 Å². The van der Waals surface area contributed by atoms with Crippen molar-refractivity contribution >= 4 is 21.6 Å². The minimum Gasteiger partial charge on any atom is -0.492 e. The highest BCUT2D eigenvalue weighted by Crippen LogP contribution is 2.29. The summed E-state index contributed by atoms with van der Waals surface area (Å²) in [5.41, 5.74) is 1.51. The van der Waals surface area contributed by atoms with E-state index in [1.165, 1.54) is 32.4 Å². The molecule has 0 saturated heterocycles. The van der Waals surface area contributed by atoms with E-state index in [-0.39, 0.29) is 10.6 Å². The summed E-state index contributed by atoms with van der Waals surface area (Å²) in [6, 6.07) is 13.9. The third kappa shape index (κ3) is 4.47. The maximum absolute atomic E-state index is 12.6. The smallest absolute Gasteiger partial charge is 0.258 e. The van der Waals surface area contributed by atoms with Gasteiger partial charge in [-0.25, -0.2) is 17.4 Å². The number of para-hydroxylation sites is 1. The summed E-state index contributed by atoms with van der Waals surface area (Å²) in [6.07, 6.45) is 3.06. The van der Waals surface area contributed by atoms with E-state index >= 15 is 0 Å². The van der Waals surface area contributed by atoms with E-state index < -0.39 is 15.9 Å². The Balaban J connectivity index is 1.87. The van der Waals surface area contributed by atoms with Crippen molar-refractivity contribution in [1.29, 1.82) is 0 Å². The second-order valence-corrected chi connectivity index (χ2v) is 8.47. The Hall–Kier alpha value is -3.17. The Morgan fingerprint density at radius 1 is 1.17 bits per heavy atom. The molecule has 3 rings (SSSR count). The van der Waals surface area contributed by atoms with Crippen LogP contribution < -0.4 is 10.1 Å². The Labute approximate surface area is 169 Å². The van der Waals surface area contributed by atoms with Crippen LogP contribution in [0.5, 0.6) is 5.75 Å². The molecule has 1 amide bonds. The fourth-order valence-corrected chi connectivity index (χ4v) is 3.67. The number of hydrogen-bond acceptors (Lipinski definition) is 5. The minimum atomic E-state index is -3.74. The minimum absolute atomic E-state index is 0.0119. The van der Waals surface area contributed by atoms with Gasteiger partial charge in [0.1, 0.15) is 10.6 Å². The van der Waals surface area contributed by atoms with Crippen LogP contribution in [-0.4, -0.2) is 49.1 Å². The molecular formula is C20H22N4O4S. The van der Waals surface area contributed by atoms with Crippen molar-refractivity contribution in [2.75, 3.05) is 26.0 Å². The molecule has 0 aliphatic heterocycles. The van der Waals surface area contributed by atoms with Crippen molar-refractivity contribution in [2.45, 2.75) is 11.8 Å². The number of nitrogens with one attached hydrogen (secondary N) is 1. The van der Waals surface area contributed by atoms with E-state index in [0.717, 1.165) is 9.99 Å². The first-order valence-electron chi connectivity index (χ1n) is 8.93. The number of nitrogens with zero attached hydrogens (tertiary/aromatic N) is 3. The van der Waals surface area contributed by atoms with Gasteiger partial charge in [0.25, 0.3) is 5.91 Å². The van der Waals surface area contributed by atoms with Gasteiger partial charge in [-0.15, -0.1) is 0 Å². The number of sulfonamides is 1. The van der Waals surface area contributed by atoms with Gasteiger partial charge in [0.2, 0.25) is 10.0 Å². The number of benzene rings is 2. The lowest BCUT2D eigenvalue weighted by atomic mass is 10.2. The van der Waals surface area contributed by atoms with Crippen LogP contribution in [0.15, 0.2) is 65.8 Å². The molecule has 0 aliphatic carbocycles. The summed E-state index contributed by atoms with van der Waals surface area (Å²) < 4.78 is 33.4. The molecule has 0 bridgehead atoms. The van der Waals surface area contributed by atoms with Crippen molar-refractivity contribution in [3.8, 4) is 11.4 Å². The summed E-state index contributed by atoms with van der Waals surface area (Å²) in [5.74, 6) is -0.166. The fourth-order valence-electron chi connectivity index (χ4n) is 2.62. The molecule has 29 heavy (non-hydrogen) atoms. The van der Waals surface area contributed by atoms with Crippen LogP contribution in [-0.2, 0) is 10.0 Å². The quantitative estimate of drug-likeness (QED) is 0.642. The third-order valence-electron chi connectivity index (χ3n) is 4.13. The molecule has 152 valence electrons. The summed E-state index contributed by atoms with van der Waals surface area (Å²) in [4.78, 5) is 12.6. The first-order valence-corrected chi connectivity index (χ1v) is 10.4. The van der Waals surface area contributed by atoms with Crippen molar-refractivity contribution in [3.63, 3.8) is 0 Å². The molecule has 0 aliphatic rings. The van der Waals surface area contributed by atoms with Crippen LogP contribution in [0.1, 0.15) is 17.3 Å². The van der Waals surface area contributed by atoms with Gasteiger partial charge < -0.3 is 10.1 Å². The second-order valence-electron chi connectivity index (χ2n) is 6.35. The number of carbonyl (C=O) groups excluding carboxylic acids is 1. The zero-order valence-electron chi connectivity index (χ0n) is 16.4. The van der Waals surface area contributed by atoms with Crippen LogP contribution in [0.4, 0.5) is 5.69 Å². The van der Waals surface area contributed by atoms with Gasteiger partial charge in [-0.3, -0.25) is 4.79 Å². The summed E-state index contributed by atoms with van der Waals surface area (Å²) >= 11 is 0. The number of anilines is 1. The van der Waals surface area contributed by atoms with Gasteiger partial charge in [-0.1, -0.05) is 18.2 Å². The largest absolute Gasteiger partial charge is 0.492 e. The lowest BCUT2D eigenvalue weighted by Gasteiger charge is -2.16. The van der Waals surface area contributed by atoms with E-state index in [9.17, 15) is 13.2 Å². The molecule has 2 aromatic carbocycles. The number of carbonyl (C=O) groups is 1. The van der Waals surface area contributed by atoms with Gasteiger partial charge in [0.15, 0.2) is 0 Å². The predicted octanol–water partition coefficient (Wildman–Crippen LogP) is 2.77. The highest BCUT2D eigenvalue weighted by molar-refractivity contribution is 7.89. The average Bonchev–Trinajstić information content (AvgIpc) is 3.20. The molecule has 1 heterocycles. The summed E-state index contributed by atoms with van der Waals surface area (Å²) in [5, 5.41) is 6.91. The van der Waals surface area contributed by atoms with Gasteiger partial charge in [-0.2, -0.15) is 5.10 Å². The number of ether oxygens (including phenoxy) is 1. The Morgan fingerprint density at radius 2 is 1.90 bits per heavy atom. The molecule has 0 fully saturated rings. The van der Waals surface area contributed by atoms with E-state index in [4.69, 9.17) is 4.74 Å². The van der Waals surface area contributed by atoms with Gasteiger partial charge in [-0.05, 0) is 37.3 Å². The number of amides is 1. The molecule has 0 unspecified atom stereocenters. The Kier molecular flexibility index (Phi) is 6.00. The molecule has 1 aromatic heterocycles. The maximum Gasteiger partial charge on any atom is 0.258 e. The zero-order chi connectivity index (χ0) is 21.0. The van der Waals surface area contributed by atoms with Gasteiger partial charge in [0.05, 0.1) is 24.1 Å². The van der Waals surface area contributed by atoms with E-state index in [1.54, 1.807) is 23.9 Å². The number of aromatic nitrogens is 2. The number of hydrogen-bond donors (Lipinski definition) is 1. The van der Waals surface area contributed by atoms with Crippen LogP contribution >= 0.6 is 0 Å². The number of rotatable bonds is 7. The molecule has 9 heteroatoms. The maximum atomic E-state index is 12.6. The van der Waals surface area contributed by atoms with Gasteiger partial charge >= 0.3 is 0 Å². The Morgan fingerprint density at radius 3 is 2.55 bits per heavy atom.